The molecule has 2 rings (SSSR count). The van der Waals surface area contributed by atoms with Crippen LogP contribution in [-0.4, -0.2) is 43.0 Å². The first-order valence-corrected chi connectivity index (χ1v) is 7.90. The standard InChI is InChI=1S/C15H29N3O.2ClH/c1-18(14-7-2-3-8-14)10-9-17-15(19)12-5-4-6-13(16)11-12;;/h12-14H,2-11,16H2,1H3,(H,17,19);2*1H. The highest BCUT2D eigenvalue weighted by atomic mass is 35.5. The van der Waals surface area contributed by atoms with E-state index in [2.05, 4.69) is 17.3 Å². The molecule has 2 unspecified atom stereocenters. The number of carbonyl (C=O) groups excluding carboxylic acids is 1. The number of carbonyl (C=O) groups is 1. The number of halogens is 2. The lowest BCUT2D eigenvalue weighted by molar-refractivity contribution is -0.126. The summed E-state index contributed by atoms with van der Waals surface area (Å²) in [4.78, 5) is 14.5. The van der Waals surface area contributed by atoms with E-state index >= 15 is 0 Å². The molecule has 126 valence electrons. The van der Waals surface area contributed by atoms with Gasteiger partial charge in [0.25, 0.3) is 0 Å². The number of nitrogens with one attached hydrogen (secondary N) is 1. The minimum absolute atomic E-state index is 0. The molecule has 2 saturated carbocycles. The van der Waals surface area contributed by atoms with Crippen molar-refractivity contribution in [3.8, 4) is 0 Å². The van der Waals surface area contributed by atoms with E-state index in [-0.39, 0.29) is 42.7 Å². The summed E-state index contributed by atoms with van der Waals surface area (Å²) >= 11 is 0. The summed E-state index contributed by atoms with van der Waals surface area (Å²) in [6, 6.07) is 0.964. The SMILES string of the molecule is CN(CCNC(=O)C1CCCC(N)C1)C1CCCC1.Cl.Cl. The molecule has 0 aromatic heterocycles. The van der Waals surface area contributed by atoms with Crippen LogP contribution in [0, 0.1) is 5.92 Å². The van der Waals surface area contributed by atoms with E-state index in [1.807, 2.05) is 0 Å². The summed E-state index contributed by atoms with van der Waals surface area (Å²) in [5.41, 5.74) is 5.93. The van der Waals surface area contributed by atoms with Crippen molar-refractivity contribution in [3.05, 3.63) is 0 Å². The molecular weight excluding hydrogens is 309 g/mol. The van der Waals surface area contributed by atoms with Crippen LogP contribution in [0.15, 0.2) is 0 Å². The lowest BCUT2D eigenvalue weighted by Gasteiger charge is -2.27. The first kappa shape index (κ1) is 21.0. The Morgan fingerprint density at radius 3 is 2.43 bits per heavy atom. The zero-order chi connectivity index (χ0) is 13.7. The van der Waals surface area contributed by atoms with Gasteiger partial charge in [-0.1, -0.05) is 19.3 Å². The van der Waals surface area contributed by atoms with E-state index in [4.69, 9.17) is 5.73 Å². The maximum Gasteiger partial charge on any atom is 0.223 e. The Morgan fingerprint density at radius 1 is 1.14 bits per heavy atom. The normalized spacial score (nSPS) is 26.0. The van der Waals surface area contributed by atoms with Gasteiger partial charge in [-0.25, -0.2) is 0 Å². The van der Waals surface area contributed by atoms with E-state index < -0.39 is 0 Å². The molecular formula is C15H31Cl2N3O. The van der Waals surface area contributed by atoms with Crippen LogP contribution in [-0.2, 0) is 4.79 Å². The number of amides is 1. The van der Waals surface area contributed by atoms with E-state index in [1.165, 1.54) is 25.7 Å². The number of hydrogen-bond acceptors (Lipinski definition) is 3. The van der Waals surface area contributed by atoms with E-state index in [9.17, 15) is 4.79 Å². The molecule has 4 nitrogen and oxygen atoms in total. The molecule has 2 aliphatic rings. The van der Waals surface area contributed by atoms with Gasteiger partial charge in [-0.15, -0.1) is 24.8 Å². The molecule has 0 spiro atoms. The smallest absolute Gasteiger partial charge is 0.223 e. The summed E-state index contributed by atoms with van der Waals surface area (Å²) in [5.74, 6) is 0.371. The fraction of sp³-hybridized carbons (Fsp3) is 0.933. The molecule has 0 aromatic carbocycles. The number of rotatable bonds is 5. The highest BCUT2D eigenvalue weighted by Crippen LogP contribution is 2.23. The molecule has 1 amide bonds. The molecule has 3 N–H and O–H groups in total. The first-order valence-electron chi connectivity index (χ1n) is 7.90. The summed E-state index contributed by atoms with van der Waals surface area (Å²) < 4.78 is 0. The fourth-order valence-corrected chi connectivity index (χ4v) is 3.49. The molecule has 0 heterocycles. The van der Waals surface area contributed by atoms with Gasteiger partial charge in [0.05, 0.1) is 0 Å². The molecule has 0 saturated heterocycles. The van der Waals surface area contributed by atoms with Gasteiger partial charge >= 0.3 is 0 Å². The van der Waals surface area contributed by atoms with Crippen molar-refractivity contribution in [1.82, 2.24) is 10.2 Å². The molecule has 0 bridgehead atoms. The minimum Gasteiger partial charge on any atom is -0.355 e. The largest absolute Gasteiger partial charge is 0.355 e. The van der Waals surface area contributed by atoms with Gasteiger partial charge in [0, 0.05) is 31.1 Å². The molecule has 0 radical (unpaired) electrons. The van der Waals surface area contributed by atoms with Crippen LogP contribution in [0.5, 0.6) is 0 Å². The predicted molar refractivity (Wildman–Crippen MR) is 92.3 cm³/mol. The number of hydrogen-bond donors (Lipinski definition) is 2. The van der Waals surface area contributed by atoms with E-state index in [1.54, 1.807) is 0 Å². The van der Waals surface area contributed by atoms with Crippen molar-refractivity contribution in [2.45, 2.75) is 63.5 Å². The van der Waals surface area contributed by atoms with Crippen molar-refractivity contribution in [3.63, 3.8) is 0 Å². The second-order valence-corrected chi connectivity index (χ2v) is 6.33. The van der Waals surface area contributed by atoms with Gasteiger partial charge in [0.2, 0.25) is 5.91 Å². The van der Waals surface area contributed by atoms with Crippen molar-refractivity contribution in [1.29, 1.82) is 0 Å². The Morgan fingerprint density at radius 2 is 1.81 bits per heavy atom. The van der Waals surface area contributed by atoms with Crippen LogP contribution in [0.3, 0.4) is 0 Å². The zero-order valence-corrected chi connectivity index (χ0v) is 14.7. The van der Waals surface area contributed by atoms with Gasteiger partial charge in [-0.3, -0.25) is 4.79 Å². The highest BCUT2D eigenvalue weighted by Gasteiger charge is 2.25. The lowest BCUT2D eigenvalue weighted by Crippen LogP contribution is -2.41. The quantitative estimate of drug-likeness (QED) is 0.808. The monoisotopic (exact) mass is 339 g/mol. The minimum atomic E-state index is 0. The maximum atomic E-state index is 12.1. The number of likely N-dealkylation sites (N-methyl/N-ethyl adjacent to an activating group) is 1. The molecule has 0 aliphatic heterocycles. The molecule has 6 heteroatoms. The van der Waals surface area contributed by atoms with Crippen LogP contribution < -0.4 is 11.1 Å². The topological polar surface area (TPSA) is 58.4 Å². The van der Waals surface area contributed by atoms with Crippen LogP contribution >= 0.6 is 24.8 Å². The molecule has 2 fully saturated rings. The summed E-state index contributed by atoms with van der Waals surface area (Å²) in [6.07, 6.45) is 9.42. The summed E-state index contributed by atoms with van der Waals surface area (Å²) in [6.45, 7) is 1.74. The van der Waals surface area contributed by atoms with Crippen molar-refractivity contribution < 1.29 is 4.79 Å². The average Bonchev–Trinajstić information content (AvgIpc) is 2.92. The summed E-state index contributed by atoms with van der Waals surface area (Å²) in [7, 11) is 2.18. The van der Waals surface area contributed by atoms with Gasteiger partial charge < -0.3 is 16.0 Å². The van der Waals surface area contributed by atoms with Gasteiger partial charge in [0.1, 0.15) is 0 Å². The first-order chi connectivity index (χ1) is 9.16. The third-order valence-corrected chi connectivity index (χ3v) is 4.80. The average molecular weight is 340 g/mol. The third kappa shape index (κ3) is 6.72. The second kappa shape index (κ2) is 10.7. The lowest BCUT2D eigenvalue weighted by atomic mass is 9.85. The van der Waals surface area contributed by atoms with Crippen molar-refractivity contribution in [2.75, 3.05) is 20.1 Å². The van der Waals surface area contributed by atoms with E-state index in [0.717, 1.165) is 44.8 Å². The zero-order valence-electron chi connectivity index (χ0n) is 13.1. The van der Waals surface area contributed by atoms with Gasteiger partial charge in [0.15, 0.2) is 0 Å². The van der Waals surface area contributed by atoms with Crippen LogP contribution in [0.1, 0.15) is 51.4 Å². The van der Waals surface area contributed by atoms with Crippen LogP contribution in [0.4, 0.5) is 0 Å². The van der Waals surface area contributed by atoms with Crippen molar-refractivity contribution >= 4 is 30.7 Å². The predicted octanol–water partition coefficient (Wildman–Crippen LogP) is 2.34. The van der Waals surface area contributed by atoms with Crippen LogP contribution in [0.25, 0.3) is 0 Å². The molecule has 2 atom stereocenters. The maximum absolute atomic E-state index is 12.1. The summed E-state index contributed by atoms with van der Waals surface area (Å²) in [5, 5.41) is 3.09. The van der Waals surface area contributed by atoms with Crippen molar-refractivity contribution in [2.24, 2.45) is 11.7 Å². The Labute approximate surface area is 141 Å². The Kier molecular flexibility index (Phi) is 10.6. The van der Waals surface area contributed by atoms with Crippen LogP contribution in [0.2, 0.25) is 0 Å². The second-order valence-electron chi connectivity index (χ2n) is 6.33. The van der Waals surface area contributed by atoms with Gasteiger partial charge in [-0.2, -0.15) is 0 Å². The number of nitrogens with zero attached hydrogens (tertiary/aromatic N) is 1. The third-order valence-electron chi connectivity index (χ3n) is 4.80. The molecule has 0 aromatic rings. The molecule has 21 heavy (non-hydrogen) atoms. The fourth-order valence-electron chi connectivity index (χ4n) is 3.49. The highest BCUT2D eigenvalue weighted by molar-refractivity contribution is 5.85. The Bertz CT molecular complexity index is 299. The van der Waals surface area contributed by atoms with E-state index in [0.29, 0.717) is 0 Å². The number of nitrogens with two attached hydrogens (primary N) is 1. The Balaban J connectivity index is 0.00000200. The van der Waals surface area contributed by atoms with Gasteiger partial charge in [-0.05, 0) is 39.2 Å². The molecule has 2 aliphatic carbocycles. The Hall–Kier alpha value is -0.0300.